The highest BCUT2D eigenvalue weighted by atomic mass is 16.5. The Morgan fingerprint density at radius 3 is 2.10 bits per heavy atom. The summed E-state index contributed by atoms with van der Waals surface area (Å²) in [4.78, 5) is 44.5. The molecule has 1 aliphatic rings. The SMILES string of the molecule is CCOC(=O)C[C@@H]1C(=O)N(Cc2ccc(OC)cc2)[C@@H](c2ccc3ccccc3c2)C(=O)N1Cc1ccccc1. The van der Waals surface area contributed by atoms with Gasteiger partial charge in [0.2, 0.25) is 5.91 Å². The van der Waals surface area contributed by atoms with E-state index in [0.717, 1.165) is 27.5 Å². The standard InChI is InChI=1S/C33H32N2O5/c1-3-40-30(36)20-29-32(37)35(22-24-13-17-28(39-2)18-14-24)31(27-16-15-25-11-7-8-12-26(25)19-27)33(38)34(29)21-23-9-5-4-6-10-23/h4-19,29,31H,3,20-22H2,1-2H3/t29-,31+/m1/s1. The van der Waals surface area contributed by atoms with Crippen molar-refractivity contribution in [2.24, 2.45) is 0 Å². The van der Waals surface area contributed by atoms with Gasteiger partial charge in [-0.2, -0.15) is 0 Å². The van der Waals surface area contributed by atoms with E-state index in [1.807, 2.05) is 97.1 Å². The Morgan fingerprint density at radius 2 is 1.40 bits per heavy atom. The lowest BCUT2D eigenvalue weighted by atomic mass is 9.93. The average Bonchev–Trinajstić information content (AvgIpc) is 2.98. The molecule has 1 fully saturated rings. The van der Waals surface area contributed by atoms with Crippen molar-refractivity contribution in [3.8, 4) is 5.75 Å². The largest absolute Gasteiger partial charge is 0.497 e. The van der Waals surface area contributed by atoms with E-state index in [-0.39, 0.29) is 37.9 Å². The molecule has 0 radical (unpaired) electrons. The van der Waals surface area contributed by atoms with E-state index in [0.29, 0.717) is 5.75 Å². The first-order chi connectivity index (χ1) is 19.5. The molecule has 0 N–H and O–H groups in total. The number of ether oxygens (including phenoxy) is 2. The average molecular weight is 537 g/mol. The summed E-state index contributed by atoms with van der Waals surface area (Å²) in [7, 11) is 1.60. The molecule has 40 heavy (non-hydrogen) atoms. The van der Waals surface area contributed by atoms with Crippen molar-refractivity contribution in [2.75, 3.05) is 13.7 Å². The van der Waals surface area contributed by atoms with Crippen LogP contribution in [0.15, 0.2) is 97.1 Å². The molecule has 0 spiro atoms. The Hall–Kier alpha value is -4.65. The zero-order valence-corrected chi connectivity index (χ0v) is 22.7. The zero-order valence-electron chi connectivity index (χ0n) is 22.7. The first kappa shape index (κ1) is 26.9. The number of methoxy groups -OCH3 is 1. The number of piperazine rings is 1. The molecular formula is C33H32N2O5. The normalized spacial score (nSPS) is 17.2. The molecule has 0 aromatic heterocycles. The molecule has 2 amide bonds. The van der Waals surface area contributed by atoms with Gasteiger partial charge in [0.1, 0.15) is 17.8 Å². The second kappa shape index (κ2) is 12.0. The van der Waals surface area contributed by atoms with Gasteiger partial charge >= 0.3 is 5.97 Å². The van der Waals surface area contributed by atoms with Crippen LogP contribution in [0.2, 0.25) is 0 Å². The first-order valence-corrected chi connectivity index (χ1v) is 13.4. The van der Waals surface area contributed by atoms with Crippen LogP contribution in [-0.4, -0.2) is 47.3 Å². The van der Waals surface area contributed by atoms with Crippen LogP contribution in [0.1, 0.15) is 36.1 Å². The predicted octanol–water partition coefficient (Wildman–Crippen LogP) is 5.28. The van der Waals surface area contributed by atoms with E-state index < -0.39 is 18.1 Å². The Morgan fingerprint density at radius 1 is 0.750 bits per heavy atom. The summed E-state index contributed by atoms with van der Waals surface area (Å²) in [6.45, 7) is 2.32. The Labute approximate surface area is 233 Å². The molecule has 1 heterocycles. The fourth-order valence-electron chi connectivity index (χ4n) is 5.24. The van der Waals surface area contributed by atoms with Crippen molar-refractivity contribution < 1.29 is 23.9 Å². The number of hydrogen-bond acceptors (Lipinski definition) is 5. The van der Waals surface area contributed by atoms with Gasteiger partial charge in [-0.15, -0.1) is 0 Å². The number of nitrogens with zero attached hydrogens (tertiary/aromatic N) is 2. The summed E-state index contributed by atoms with van der Waals surface area (Å²) >= 11 is 0. The molecule has 0 bridgehead atoms. The lowest BCUT2D eigenvalue weighted by molar-refractivity contribution is -0.167. The van der Waals surface area contributed by atoms with Crippen molar-refractivity contribution in [3.63, 3.8) is 0 Å². The Bertz CT molecular complexity index is 1500. The topological polar surface area (TPSA) is 76.1 Å². The van der Waals surface area contributed by atoms with Gasteiger partial charge in [-0.1, -0.05) is 78.9 Å². The summed E-state index contributed by atoms with van der Waals surface area (Å²) in [5.41, 5.74) is 2.44. The maximum atomic E-state index is 14.4. The number of carbonyl (C=O) groups is 3. The number of esters is 1. The second-order valence-electron chi connectivity index (χ2n) is 9.80. The molecule has 4 aromatic rings. The van der Waals surface area contributed by atoms with Crippen molar-refractivity contribution in [1.82, 2.24) is 9.80 Å². The molecule has 0 aliphatic carbocycles. The minimum atomic E-state index is -0.985. The van der Waals surface area contributed by atoms with Gasteiger partial charge in [-0.25, -0.2) is 0 Å². The number of benzene rings is 4. The smallest absolute Gasteiger partial charge is 0.308 e. The minimum Gasteiger partial charge on any atom is -0.497 e. The lowest BCUT2D eigenvalue weighted by Gasteiger charge is -2.45. The lowest BCUT2D eigenvalue weighted by Crippen LogP contribution is -2.61. The van der Waals surface area contributed by atoms with Gasteiger partial charge in [0.05, 0.1) is 20.1 Å². The van der Waals surface area contributed by atoms with Crippen LogP contribution in [0.4, 0.5) is 0 Å². The van der Waals surface area contributed by atoms with E-state index >= 15 is 0 Å². The van der Waals surface area contributed by atoms with E-state index in [2.05, 4.69) is 0 Å². The molecule has 2 atom stereocenters. The summed E-state index contributed by atoms with van der Waals surface area (Å²) in [5.74, 6) is -0.343. The first-order valence-electron chi connectivity index (χ1n) is 13.4. The van der Waals surface area contributed by atoms with Gasteiger partial charge in [-0.05, 0) is 52.6 Å². The Balaban J connectivity index is 1.59. The quantitative estimate of drug-likeness (QED) is 0.272. The highest BCUT2D eigenvalue weighted by molar-refractivity contribution is 6.00. The maximum Gasteiger partial charge on any atom is 0.308 e. The predicted molar refractivity (Wildman–Crippen MR) is 152 cm³/mol. The van der Waals surface area contributed by atoms with Gasteiger partial charge < -0.3 is 19.3 Å². The van der Waals surface area contributed by atoms with Crippen LogP contribution < -0.4 is 4.74 Å². The van der Waals surface area contributed by atoms with E-state index in [1.54, 1.807) is 23.8 Å². The van der Waals surface area contributed by atoms with Gasteiger partial charge in [0.15, 0.2) is 0 Å². The number of rotatable bonds is 9. The number of carbonyl (C=O) groups excluding carboxylic acids is 3. The fourth-order valence-corrected chi connectivity index (χ4v) is 5.24. The zero-order chi connectivity index (χ0) is 28.1. The maximum absolute atomic E-state index is 14.4. The molecule has 4 aromatic carbocycles. The van der Waals surface area contributed by atoms with Crippen LogP contribution in [-0.2, 0) is 32.2 Å². The summed E-state index contributed by atoms with van der Waals surface area (Å²) in [6, 6.07) is 28.9. The molecule has 1 saturated heterocycles. The monoisotopic (exact) mass is 536 g/mol. The Kier molecular flexibility index (Phi) is 8.10. The van der Waals surface area contributed by atoms with Gasteiger partial charge in [0.25, 0.3) is 5.91 Å². The van der Waals surface area contributed by atoms with Crippen LogP contribution in [0.5, 0.6) is 5.75 Å². The molecule has 0 saturated carbocycles. The summed E-state index contributed by atoms with van der Waals surface area (Å²) in [6.07, 6.45) is -0.213. The summed E-state index contributed by atoms with van der Waals surface area (Å²) < 4.78 is 10.5. The minimum absolute atomic E-state index is 0.196. The van der Waals surface area contributed by atoms with E-state index in [4.69, 9.17) is 9.47 Å². The molecule has 0 unspecified atom stereocenters. The van der Waals surface area contributed by atoms with E-state index in [9.17, 15) is 14.4 Å². The van der Waals surface area contributed by atoms with Crippen LogP contribution in [0.25, 0.3) is 10.8 Å². The third-order valence-corrected chi connectivity index (χ3v) is 7.24. The van der Waals surface area contributed by atoms with Crippen LogP contribution >= 0.6 is 0 Å². The van der Waals surface area contributed by atoms with Crippen molar-refractivity contribution in [2.45, 2.75) is 38.5 Å². The van der Waals surface area contributed by atoms with Gasteiger partial charge in [0, 0.05) is 13.1 Å². The molecule has 1 aliphatic heterocycles. The fraction of sp³-hybridized carbons (Fsp3) is 0.242. The summed E-state index contributed by atoms with van der Waals surface area (Å²) in [5, 5.41) is 2.02. The molecule has 7 heteroatoms. The third kappa shape index (κ3) is 5.69. The second-order valence-corrected chi connectivity index (χ2v) is 9.80. The molecule has 204 valence electrons. The third-order valence-electron chi connectivity index (χ3n) is 7.24. The highest BCUT2D eigenvalue weighted by Crippen LogP contribution is 2.35. The van der Waals surface area contributed by atoms with Crippen LogP contribution in [0.3, 0.4) is 0 Å². The number of hydrogen-bond donors (Lipinski definition) is 0. The van der Waals surface area contributed by atoms with Crippen molar-refractivity contribution in [3.05, 3.63) is 114 Å². The van der Waals surface area contributed by atoms with Gasteiger partial charge in [-0.3, -0.25) is 14.4 Å². The molecular weight excluding hydrogens is 504 g/mol. The molecule has 7 nitrogen and oxygen atoms in total. The van der Waals surface area contributed by atoms with Crippen molar-refractivity contribution >= 4 is 28.6 Å². The number of amides is 2. The van der Waals surface area contributed by atoms with Crippen LogP contribution in [0, 0.1) is 0 Å². The van der Waals surface area contributed by atoms with E-state index in [1.165, 1.54) is 0 Å². The highest BCUT2D eigenvalue weighted by Gasteiger charge is 2.47. The number of fused-ring (bicyclic) bond motifs is 1. The molecule has 5 rings (SSSR count). The van der Waals surface area contributed by atoms with Crippen molar-refractivity contribution in [1.29, 1.82) is 0 Å².